The van der Waals surface area contributed by atoms with Gasteiger partial charge in [-0.25, -0.2) is 0 Å². The van der Waals surface area contributed by atoms with Crippen molar-refractivity contribution in [2.24, 2.45) is 35.1 Å². The minimum atomic E-state index is -1.20. The van der Waals surface area contributed by atoms with Crippen LogP contribution >= 0.6 is 0 Å². The lowest BCUT2D eigenvalue weighted by molar-refractivity contribution is -0.151. The zero-order chi connectivity index (χ0) is 61.1. The van der Waals surface area contributed by atoms with Gasteiger partial charge in [-0.15, -0.1) is 0 Å². The lowest BCUT2D eigenvalue weighted by atomic mass is 9.91. The van der Waals surface area contributed by atoms with Gasteiger partial charge in [-0.2, -0.15) is 0 Å². The van der Waals surface area contributed by atoms with Crippen LogP contribution in [0.4, 0.5) is 0 Å². The molecule has 0 saturated carbocycles. The third-order valence-corrected chi connectivity index (χ3v) is 17.1. The van der Waals surface area contributed by atoms with Crippen molar-refractivity contribution in [1.29, 1.82) is 0 Å². The number of rotatable bonds is 12. The summed E-state index contributed by atoms with van der Waals surface area (Å²) in [5.74, 6) is -7.08. The molecule has 5 aliphatic heterocycles. The molecule has 10 N–H and O–H groups in total. The Morgan fingerprint density at radius 1 is 0.417 bits per heavy atom. The monoisotopic (exact) mass is 1160 g/mol. The van der Waals surface area contributed by atoms with Gasteiger partial charge in [0.05, 0.1) is 0 Å². The molecule has 3 fully saturated rings. The molecular weight excluding hydrogens is 1070 g/mol. The minimum absolute atomic E-state index is 0.0352. The number of hydrogen-bond acceptors (Lipinski definition) is 12. The first-order chi connectivity index (χ1) is 40.0. The zero-order valence-electron chi connectivity index (χ0n) is 50.5. The topological polar surface area (TPSA) is 308 Å². The van der Waals surface area contributed by atoms with Gasteiger partial charge in [0.25, 0.3) is 0 Å². The van der Waals surface area contributed by atoms with Crippen LogP contribution in [0.3, 0.4) is 0 Å². The molecule has 0 spiro atoms. The van der Waals surface area contributed by atoms with Gasteiger partial charge in [-0.05, 0) is 123 Å². The van der Waals surface area contributed by atoms with E-state index in [9.17, 15) is 38.4 Å². The van der Waals surface area contributed by atoms with Crippen molar-refractivity contribution in [3.8, 4) is 0 Å². The van der Waals surface area contributed by atoms with Gasteiger partial charge >= 0.3 is 0 Å². The molecule has 84 heavy (non-hydrogen) atoms. The Labute approximate surface area is 494 Å². The molecule has 0 unspecified atom stereocenters. The van der Waals surface area contributed by atoms with Gasteiger partial charge in [0.2, 0.25) is 59.1 Å². The van der Waals surface area contributed by atoms with E-state index in [2.05, 4.69) is 31.9 Å². The van der Waals surface area contributed by atoms with Crippen molar-refractivity contribution >= 4 is 59.1 Å². The van der Waals surface area contributed by atoms with E-state index in [1.54, 1.807) is 27.7 Å². The highest BCUT2D eigenvalue weighted by Crippen LogP contribution is 2.31. The highest BCUT2D eigenvalue weighted by atomic mass is 16.2. The summed E-state index contributed by atoms with van der Waals surface area (Å²) >= 11 is 0. The van der Waals surface area contributed by atoms with Gasteiger partial charge in [-0.1, -0.05) is 104 Å². The molecule has 2 aromatic carbocycles. The predicted octanol–water partition coefficient (Wildman–Crippen LogP) is 1.68. The summed E-state index contributed by atoms with van der Waals surface area (Å²) < 4.78 is 0. The number of fused-ring (bicyclic) bond motifs is 6. The molecule has 0 aliphatic carbocycles. The third-order valence-electron chi connectivity index (χ3n) is 17.1. The first kappa shape index (κ1) is 64.6. The maximum absolute atomic E-state index is 15.2. The van der Waals surface area contributed by atoms with Gasteiger partial charge in [-0.3, -0.25) is 47.9 Å². The average Bonchev–Trinajstić information content (AvgIpc) is 2.76. The van der Waals surface area contributed by atoms with Crippen LogP contribution in [0.25, 0.3) is 0 Å². The van der Waals surface area contributed by atoms with Gasteiger partial charge in [0.15, 0.2) is 0 Å². The van der Waals surface area contributed by atoms with Crippen LogP contribution in [-0.2, 0) is 73.9 Å². The Hall–Kier alpha value is -6.94. The summed E-state index contributed by atoms with van der Waals surface area (Å²) in [4.78, 5) is 154. The van der Waals surface area contributed by atoms with Crippen molar-refractivity contribution in [3.05, 3.63) is 70.8 Å². The summed E-state index contributed by atoms with van der Waals surface area (Å²) in [5, 5.41) is 17.5. The summed E-state index contributed by atoms with van der Waals surface area (Å²) in [6.07, 6.45) is 2.88. The first-order valence-corrected chi connectivity index (χ1v) is 30.6. The van der Waals surface area contributed by atoms with E-state index < -0.39 is 131 Å². The number of carbonyl (C=O) groups is 10. The molecule has 5 aliphatic rings. The van der Waals surface area contributed by atoms with E-state index >= 15 is 9.59 Å². The number of nitrogens with zero attached hydrogens (tertiary/aromatic N) is 4. The van der Waals surface area contributed by atoms with Crippen LogP contribution in [0.5, 0.6) is 0 Å². The van der Waals surface area contributed by atoms with Crippen molar-refractivity contribution in [2.45, 2.75) is 206 Å². The molecule has 0 radical (unpaired) electrons. The summed E-state index contributed by atoms with van der Waals surface area (Å²) in [6, 6.07) is 3.60. The van der Waals surface area contributed by atoms with Crippen LogP contribution in [0.2, 0.25) is 0 Å². The predicted molar refractivity (Wildman–Crippen MR) is 315 cm³/mol. The van der Waals surface area contributed by atoms with E-state index in [0.29, 0.717) is 25.7 Å². The second kappa shape index (κ2) is 29.2. The maximum Gasteiger partial charge on any atom is 0.246 e. The zero-order valence-corrected chi connectivity index (χ0v) is 50.5. The molecule has 460 valence electrons. The Morgan fingerprint density at radius 3 is 1.10 bits per heavy atom. The van der Waals surface area contributed by atoms with E-state index in [4.69, 9.17) is 11.5 Å². The average molecular weight is 1170 g/mol. The standard InChI is InChI=1S/C62H92N12O10/c1-35(2)29-45-59(81)71-27-15-23-47(71)61(83)73-33-41-19-11-9-17-39(41)31-49(73)55(77)70-52(38(7)8)58(80)66-44(22-14-26-64)54(76)68-46(30-36(3)4)60(82)72-28-16-24-48(72)62(84)74-34-42-20-12-10-18-40(42)32-50(74)56(78)69-51(37(5)6)57(79)65-43(21-13-25-63)53(75)67-45/h9-12,17-20,35-38,43-52H,13-16,21-34,63-64H2,1-8H3,(H,65,79)(H,66,80)(H,67,75)(H,68,76)(H,69,78)(H,70,77)/t43-,44-,45-,46-,47+,48+,49+,50+,51-,52-/m0/s1. The number of amides is 10. The van der Waals surface area contributed by atoms with Crippen molar-refractivity contribution in [3.63, 3.8) is 0 Å². The number of nitrogens with one attached hydrogen (secondary N) is 6. The molecule has 22 heteroatoms. The smallest absolute Gasteiger partial charge is 0.246 e. The van der Waals surface area contributed by atoms with Crippen LogP contribution in [0.1, 0.15) is 142 Å². The fourth-order valence-electron chi connectivity index (χ4n) is 12.5. The fourth-order valence-corrected chi connectivity index (χ4v) is 12.5. The molecule has 7 rings (SSSR count). The van der Waals surface area contributed by atoms with E-state index in [1.165, 1.54) is 19.6 Å². The van der Waals surface area contributed by atoms with Gasteiger partial charge < -0.3 is 63.0 Å². The minimum Gasteiger partial charge on any atom is -0.343 e. The van der Waals surface area contributed by atoms with Crippen molar-refractivity contribution in [1.82, 2.24) is 51.5 Å². The first-order valence-electron chi connectivity index (χ1n) is 30.6. The number of carbonyl (C=O) groups excluding carboxylic acids is 10. The lowest BCUT2D eigenvalue weighted by Crippen LogP contribution is -2.63. The maximum atomic E-state index is 15.2. The molecule has 10 atom stereocenters. The van der Waals surface area contributed by atoms with Crippen molar-refractivity contribution in [2.75, 3.05) is 26.2 Å². The largest absolute Gasteiger partial charge is 0.343 e. The molecule has 0 bridgehead atoms. The Morgan fingerprint density at radius 2 is 0.762 bits per heavy atom. The second-order valence-electron chi connectivity index (χ2n) is 25.1. The highest BCUT2D eigenvalue weighted by molar-refractivity contribution is 6.00. The quantitative estimate of drug-likeness (QED) is 0.151. The molecule has 22 nitrogen and oxygen atoms in total. The Kier molecular flexibility index (Phi) is 22.5. The summed E-state index contributed by atoms with van der Waals surface area (Å²) in [5.41, 5.74) is 15.2. The van der Waals surface area contributed by atoms with Crippen LogP contribution in [-0.4, -0.2) is 165 Å². The Bertz CT molecular complexity index is 2550. The Balaban J connectivity index is 1.29. The van der Waals surface area contributed by atoms with Crippen LogP contribution in [0.15, 0.2) is 48.5 Å². The molecule has 0 aromatic heterocycles. The van der Waals surface area contributed by atoms with E-state index in [0.717, 1.165) is 22.3 Å². The molecule has 5 heterocycles. The van der Waals surface area contributed by atoms with Crippen molar-refractivity contribution < 1.29 is 47.9 Å². The second-order valence-corrected chi connectivity index (χ2v) is 25.1. The van der Waals surface area contributed by atoms with Gasteiger partial charge in [0.1, 0.15) is 60.4 Å². The SMILES string of the molecule is CC(C)C[C@@H]1NC(=O)[C@H](CCCN)NC(=O)[C@H](C(C)C)NC(=O)[C@H]2Cc3ccccc3CN2C(=O)[C@H]2CCCN2C(=O)[C@H](CC(C)C)NC(=O)[C@H](CCCN)NC(=O)[C@H](C(C)C)NC(=O)[C@H]2Cc3ccccc3CN2C(=O)[C@H]2CCCN2C1=O. The lowest BCUT2D eigenvalue weighted by Gasteiger charge is -2.40. The van der Waals surface area contributed by atoms with Gasteiger partial charge in [0, 0.05) is 39.0 Å². The third kappa shape index (κ3) is 15.5. The van der Waals surface area contributed by atoms with Crippen LogP contribution < -0.4 is 43.4 Å². The molecular formula is C62H92N12O10. The molecule has 2 aromatic rings. The van der Waals surface area contributed by atoms with E-state index in [-0.39, 0.29) is 102 Å². The molecule has 3 saturated heterocycles. The fraction of sp³-hybridized carbons (Fsp3) is 0.645. The number of nitrogens with two attached hydrogens (primary N) is 2. The summed E-state index contributed by atoms with van der Waals surface area (Å²) in [7, 11) is 0. The number of benzene rings is 2. The van der Waals surface area contributed by atoms with Crippen LogP contribution in [0, 0.1) is 23.7 Å². The number of hydrogen-bond donors (Lipinski definition) is 8. The normalized spacial score (nSPS) is 27.5. The molecule has 10 amide bonds. The highest BCUT2D eigenvalue weighted by Gasteiger charge is 2.47. The van der Waals surface area contributed by atoms with E-state index in [1.807, 2.05) is 76.2 Å². The summed E-state index contributed by atoms with van der Waals surface area (Å²) in [6.45, 7) is 15.4.